The molecule has 0 aliphatic rings. The molecule has 1 unspecified atom stereocenters. The van der Waals surface area contributed by atoms with Crippen LogP contribution in [-0.4, -0.2) is 24.7 Å². The summed E-state index contributed by atoms with van der Waals surface area (Å²) in [6, 6.07) is 9.33. The van der Waals surface area contributed by atoms with Crippen LogP contribution in [0, 0.1) is 0 Å². The Bertz CT molecular complexity index is 363. The minimum absolute atomic E-state index is 0.409. The lowest BCUT2D eigenvalue weighted by atomic mass is 9.97. The molecule has 0 radical (unpaired) electrons. The maximum absolute atomic E-state index is 11.4. The fourth-order valence-corrected chi connectivity index (χ4v) is 1.62. The number of nitrogens with one attached hydrogen (secondary N) is 1. The Labute approximate surface area is 102 Å². The van der Waals surface area contributed by atoms with Crippen LogP contribution in [0.15, 0.2) is 30.3 Å². The molecule has 0 bridgehead atoms. The molecular formula is C13H20N2O2. The van der Waals surface area contributed by atoms with Gasteiger partial charge in [-0.05, 0) is 19.4 Å². The Hall–Kier alpha value is -1.39. The van der Waals surface area contributed by atoms with Crippen LogP contribution in [0.25, 0.3) is 0 Å². The molecule has 0 aliphatic heterocycles. The number of amides is 1. The standard InChI is InChI=1S/C13H20N2O2/c1-13(2,17-3)11(12(14)16)15-9-10-7-5-4-6-8-10/h4-8,11,15H,9H2,1-3H3,(H2,14,16). The van der Waals surface area contributed by atoms with Crippen LogP contribution in [0.5, 0.6) is 0 Å². The Morgan fingerprint density at radius 2 is 2.00 bits per heavy atom. The number of methoxy groups -OCH3 is 1. The average molecular weight is 236 g/mol. The van der Waals surface area contributed by atoms with Gasteiger partial charge in [-0.2, -0.15) is 0 Å². The number of carbonyl (C=O) groups is 1. The second kappa shape index (κ2) is 5.80. The summed E-state index contributed by atoms with van der Waals surface area (Å²) in [5.41, 5.74) is 5.86. The average Bonchev–Trinajstić information content (AvgIpc) is 2.30. The van der Waals surface area contributed by atoms with Crippen molar-refractivity contribution in [3.63, 3.8) is 0 Å². The molecule has 1 amide bonds. The maximum Gasteiger partial charge on any atom is 0.237 e. The van der Waals surface area contributed by atoms with Crippen LogP contribution in [0.3, 0.4) is 0 Å². The summed E-state index contributed by atoms with van der Waals surface area (Å²) in [5, 5.41) is 3.13. The zero-order chi connectivity index (χ0) is 12.9. The van der Waals surface area contributed by atoms with Crippen molar-refractivity contribution >= 4 is 5.91 Å². The second-order valence-corrected chi connectivity index (χ2v) is 4.51. The van der Waals surface area contributed by atoms with Crippen LogP contribution in [0.4, 0.5) is 0 Å². The molecule has 0 spiro atoms. The van der Waals surface area contributed by atoms with E-state index in [1.54, 1.807) is 7.11 Å². The summed E-state index contributed by atoms with van der Waals surface area (Å²) in [6.45, 7) is 4.25. The molecule has 1 atom stereocenters. The molecule has 0 saturated carbocycles. The lowest BCUT2D eigenvalue weighted by Crippen LogP contribution is -2.55. The monoisotopic (exact) mass is 236 g/mol. The van der Waals surface area contributed by atoms with Crippen LogP contribution < -0.4 is 11.1 Å². The first-order valence-corrected chi connectivity index (χ1v) is 5.59. The first-order valence-electron chi connectivity index (χ1n) is 5.59. The molecule has 0 saturated heterocycles. The number of carbonyl (C=O) groups excluding carboxylic acids is 1. The number of nitrogens with two attached hydrogens (primary N) is 1. The Morgan fingerprint density at radius 3 is 2.47 bits per heavy atom. The number of ether oxygens (including phenoxy) is 1. The Kier molecular flexibility index (Phi) is 4.66. The van der Waals surface area contributed by atoms with E-state index in [4.69, 9.17) is 10.5 Å². The summed E-state index contributed by atoms with van der Waals surface area (Å²) in [4.78, 5) is 11.4. The minimum atomic E-state index is -0.624. The SMILES string of the molecule is COC(C)(C)C(NCc1ccccc1)C(N)=O. The first-order chi connectivity index (χ1) is 7.97. The highest BCUT2D eigenvalue weighted by molar-refractivity contribution is 5.81. The molecule has 4 heteroatoms. The van der Waals surface area contributed by atoms with Crippen molar-refractivity contribution in [1.82, 2.24) is 5.32 Å². The van der Waals surface area contributed by atoms with E-state index in [0.29, 0.717) is 6.54 Å². The maximum atomic E-state index is 11.4. The molecule has 94 valence electrons. The third kappa shape index (κ3) is 3.84. The molecule has 0 fully saturated rings. The Balaban J connectivity index is 2.66. The van der Waals surface area contributed by atoms with E-state index in [-0.39, 0.29) is 0 Å². The summed E-state index contributed by atoms with van der Waals surface area (Å²) in [7, 11) is 1.57. The molecular weight excluding hydrogens is 216 g/mol. The van der Waals surface area contributed by atoms with Crippen molar-refractivity contribution < 1.29 is 9.53 Å². The molecule has 1 rings (SSSR count). The van der Waals surface area contributed by atoms with Crippen molar-refractivity contribution in [3.05, 3.63) is 35.9 Å². The van der Waals surface area contributed by atoms with E-state index in [9.17, 15) is 4.79 Å². The summed E-state index contributed by atoms with van der Waals surface area (Å²) in [5.74, 6) is -0.409. The van der Waals surface area contributed by atoms with Crippen LogP contribution in [-0.2, 0) is 16.1 Å². The molecule has 0 aromatic heterocycles. The van der Waals surface area contributed by atoms with Crippen molar-refractivity contribution in [2.45, 2.75) is 32.0 Å². The molecule has 0 heterocycles. The third-order valence-electron chi connectivity index (χ3n) is 2.86. The quantitative estimate of drug-likeness (QED) is 0.776. The van der Waals surface area contributed by atoms with E-state index in [1.165, 1.54) is 0 Å². The van der Waals surface area contributed by atoms with Crippen molar-refractivity contribution in [1.29, 1.82) is 0 Å². The van der Waals surface area contributed by atoms with Gasteiger partial charge in [0, 0.05) is 13.7 Å². The van der Waals surface area contributed by atoms with Crippen molar-refractivity contribution in [3.8, 4) is 0 Å². The number of hydrogen-bond donors (Lipinski definition) is 2. The van der Waals surface area contributed by atoms with Gasteiger partial charge in [-0.15, -0.1) is 0 Å². The van der Waals surface area contributed by atoms with Gasteiger partial charge >= 0.3 is 0 Å². The molecule has 3 N–H and O–H groups in total. The highest BCUT2D eigenvalue weighted by atomic mass is 16.5. The zero-order valence-corrected chi connectivity index (χ0v) is 10.6. The lowest BCUT2D eigenvalue weighted by molar-refractivity contribution is -0.127. The van der Waals surface area contributed by atoms with E-state index in [0.717, 1.165) is 5.56 Å². The van der Waals surface area contributed by atoms with Crippen LogP contribution in [0.1, 0.15) is 19.4 Å². The van der Waals surface area contributed by atoms with Crippen molar-refractivity contribution in [2.24, 2.45) is 5.73 Å². The fraction of sp³-hybridized carbons (Fsp3) is 0.462. The number of primary amides is 1. The van der Waals surface area contributed by atoms with Crippen LogP contribution in [0.2, 0.25) is 0 Å². The normalized spacial score (nSPS) is 13.4. The van der Waals surface area contributed by atoms with Gasteiger partial charge in [0.2, 0.25) is 5.91 Å². The van der Waals surface area contributed by atoms with E-state index in [2.05, 4.69) is 5.32 Å². The minimum Gasteiger partial charge on any atom is -0.377 e. The highest BCUT2D eigenvalue weighted by Gasteiger charge is 2.33. The molecule has 1 aromatic rings. The van der Waals surface area contributed by atoms with Gasteiger partial charge in [-0.1, -0.05) is 30.3 Å². The van der Waals surface area contributed by atoms with Crippen LogP contribution >= 0.6 is 0 Å². The third-order valence-corrected chi connectivity index (χ3v) is 2.86. The van der Waals surface area contributed by atoms with E-state index >= 15 is 0 Å². The predicted molar refractivity (Wildman–Crippen MR) is 67.4 cm³/mol. The topological polar surface area (TPSA) is 64.3 Å². The zero-order valence-electron chi connectivity index (χ0n) is 10.6. The van der Waals surface area contributed by atoms with E-state index in [1.807, 2.05) is 44.2 Å². The molecule has 17 heavy (non-hydrogen) atoms. The van der Waals surface area contributed by atoms with Gasteiger partial charge in [0.25, 0.3) is 0 Å². The lowest BCUT2D eigenvalue weighted by Gasteiger charge is -2.31. The van der Waals surface area contributed by atoms with Gasteiger partial charge in [-0.3, -0.25) is 10.1 Å². The van der Waals surface area contributed by atoms with Gasteiger partial charge in [-0.25, -0.2) is 0 Å². The van der Waals surface area contributed by atoms with Crippen molar-refractivity contribution in [2.75, 3.05) is 7.11 Å². The molecule has 1 aromatic carbocycles. The predicted octanol–water partition coefficient (Wildman–Crippen LogP) is 1.06. The summed E-state index contributed by atoms with van der Waals surface area (Å²) >= 11 is 0. The summed E-state index contributed by atoms with van der Waals surface area (Å²) in [6.07, 6.45) is 0. The Morgan fingerprint density at radius 1 is 1.41 bits per heavy atom. The van der Waals surface area contributed by atoms with Gasteiger partial charge in [0.15, 0.2) is 0 Å². The summed E-state index contributed by atoms with van der Waals surface area (Å²) < 4.78 is 5.29. The number of rotatable bonds is 6. The van der Waals surface area contributed by atoms with E-state index < -0.39 is 17.6 Å². The van der Waals surface area contributed by atoms with Gasteiger partial charge in [0.1, 0.15) is 6.04 Å². The van der Waals surface area contributed by atoms with Gasteiger partial charge < -0.3 is 10.5 Å². The molecule has 4 nitrogen and oxygen atoms in total. The highest BCUT2D eigenvalue weighted by Crippen LogP contribution is 2.14. The number of hydrogen-bond acceptors (Lipinski definition) is 3. The fourth-order valence-electron chi connectivity index (χ4n) is 1.62. The first kappa shape index (κ1) is 13.7. The largest absolute Gasteiger partial charge is 0.377 e. The van der Waals surface area contributed by atoms with Gasteiger partial charge in [0.05, 0.1) is 5.60 Å². The number of benzene rings is 1. The molecule has 0 aliphatic carbocycles. The second-order valence-electron chi connectivity index (χ2n) is 4.51. The smallest absolute Gasteiger partial charge is 0.237 e.